The molecule has 9 rings (SSSR count). The Morgan fingerprint density at radius 3 is 2.52 bits per heavy atom. The molecule has 1 unspecified atom stereocenters. The molecule has 1 saturated carbocycles. The lowest BCUT2D eigenvalue weighted by molar-refractivity contribution is -0.384. The summed E-state index contributed by atoms with van der Waals surface area (Å²) in [6.45, 7) is 2.38. The summed E-state index contributed by atoms with van der Waals surface area (Å²) in [6.07, 6.45) is 3.65. The van der Waals surface area contributed by atoms with Crippen molar-refractivity contribution < 1.29 is 36.7 Å². The van der Waals surface area contributed by atoms with E-state index in [4.69, 9.17) is 9.72 Å². The topological polar surface area (TPSA) is 117 Å². The number of piperazine rings is 1. The van der Waals surface area contributed by atoms with Crippen LogP contribution in [-0.2, 0) is 0 Å². The second-order valence-electron chi connectivity index (χ2n) is 15.0. The molecule has 3 aromatic carbocycles. The molecule has 3 atom stereocenters. The van der Waals surface area contributed by atoms with Crippen LogP contribution in [0.3, 0.4) is 0 Å². The number of fused-ring (bicyclic) bond motifs is 5. The summed E-state index contributed by atoms with van der Waals surface area (Å²) in [6, 6.07) is 5.36. The average molecular weight is 697 g/mol. The van der Waals surface area contributed by atoms with E-state index in [1.807, 2.05) is 4.90 Å². The van der Waals surface area contributed by atoms with Gasteiger partial charge < -0.3 is 20.1 Å². The molecule has 2 bridgehead atoms. The minimum absolute atomic E-state index is 0.00956. The molecule has 4 aromatic rings. The minimum atomic E-state index is -2.67. The number of halogens is 5. The van der Waals surface area contributed by atoms with Crippen LogP contribution in [0.1, 0.15) is 44.9 Å². The number of phenols is 1. The SMILES string of the molecule is O=[N+]([O-])c1cc2c(N3C[C@H]4CC[C@@H](C3)N4)nc(OCC34CCCN3CC3(CC(F)(F)C3)C4)nc2c(F)c1-c1cc(O)cc2ccc(F)c(F)c12. The van der Waals surface area contributed by atoms with Crippen molar-refractivity contribution in [2.24, 2.45) is 5.41 Å². The molecule has 1 spiro atoms. The smallest absolute Gasteiger partial charge is 0.319 e. The predicted octanol–water partition coefficient (Wildman–Crippen LogP) is 6.45. The van der Waals surface area contributed by atoms with Gasteiger partial charge in [-0.25, -0.2) is 22.0 Å². The lowest BCUT2D eigenvalue weighted by atomic mass is 9.63. The Hall–Kier alpha value is -4.37. The van der Waals surface area contributed by atoms with Crippen molar-refractivity contribution in [1.82, 2.24) is 20.2 Å². The van der Waals surface area contributed by atoms with Gasteiger partial charge in [-0.3, -0.25) is 15.0 Å². The van der Waals surface area contributed by atoms with Crippen molar-refractivity contribution in [3.8, 4) is 22.9 Å². The fraction of sp³-hybridized carbons (Fsp3) is 0.486. The van der Waals surface area contributed by atoms with Gasteiger partial charge in [-0.1, -0.05) is 6.07 Å². The number of aromatic hydroxyl groups is 1. The summed E-state index contributed by atoms with van der Waals surface area (Å²) in [7, 11) is 0. The number of phenolic OH excluding ortho intramolecular Hbond substituents is 1. The highest BCUT2D eigenvalue weighted by molar-refractivity contribution is 6.04. The maximum absolute atomic E-state index is 17.1. The fourth-order valence-electron chi connectivity index (χ4n) is 9.73. The number of nitro benzene ring substituents is 1. The fourth-order valence-corrected chi connectivity index (χ4v) is 9.73. The summed E-state index contributed by atoms with van der Waals surface area (Å²) in [5, 5.41) is 26.2. The third-order valence-corrected chi connectivity index (χ3v) is 11.6. The Labute approximate surface area is 282 Å². The minimum Gasteiger partial charge on any atom is -0.508 e. The van der Waals surface area contributed by atoms with E-state index < -0.39 is 67.2 Å². The van der Waals surface area contributed by atoms with Gasteiger partial charge in [-0.05, 0) is 67.6 Å². The normalized spacial score (nSPS) is 26.5. The third kappa shape index (κ3) is 4.87. The molecule has 4 aliphatic heterocycles. The van der Waals surface area contributed by atoms with Crippen molar-refractivity contribution in [2.45, 2.75) is 68.5 Å². The van der Waals surface area contributed by atoms with Crippen LogP contribution >= 0.6 is 0 Å². The first-order valence-corrected chi connectivity index (χ1v) is 16.9. The summed E-state index contributed by atoms with van der Waals surface area (Å²) in [4.78, 5) is 25.0. The highest BCUT2D eigenvalue weighted by Crippen LogP contribution is 2.62. The molecule has 5 aliphatic rings. The van der Waals surface area contributed by atoms with Gasteiger partial charge in [-0.15, -0.1) is 0 Å². The van der Waals surface area contributed by atoms with Crippen LogP contribution in [0.25, 0.3) is 32.8 Å². The third-order valence-electron chi connectivity index (χ3n) is 11.6. The highest BCUT2D eigenvalue weighted by Gasteiger charge is 2.65. The van der Waals surface area contributed by atoms with Gasteiger partial charge in [0.1, 0.15) is 23.7 Å². The zero-order valence-electron chi connectivity index (χ0n) is 26.8. The second kappa shape index (κ2) is 10.8. The molecule has 1 aromatic heterocycles. The van der Waals surface area contributed by atoms with Gasteiger partial charge in [-0.2, -0.15) is 9.97 Å². The number of nitrogens with one attached hydrogen (secondary N) is 1. The number of anilines is 1. The van der Waals surface area contributed by atoms with Gasteiger partial charge in [0.25, 0.3) is 5.69 Å². The van der Waals surface area contributed by atoms with Gasteiger partial charge in [0.15, 0.2) is 17.5 Å². The van der Waals surface area contributed by atoms with Gasteiger partial charge in [0, 0.05) is 61.6 Å². The molecule has 5 heterocycles. The van der Waals surface area contributed by atoms with E-state index in [2.05, 4.69) is 15.2 Å². The van der Waals surface area contributed by atoms with E-state index in [9.17, 15) is 28.4 Å². The molecule has 10 nitrogen and oxygen atoms in total. The summed E-state index contributed by atoms with van der Waals surface area (Å²) in [5.74, 6) is -6.66. The van der Waals surface area contributed by atoms with Crippen LogP contribution < -0.4 is 15.0 Å². The number of aromatic nitrogens is 2. The van der Waals surface area contributed by atoms with Crippen molar-refractivity contribution in [3.05, 3.63) is 57.9 Å². The maximum Gasteiger partial charge on any atom is 0.319 e. The Balaban J connectivity index is 1.19. The van der Waals surface area contributed by atoms with Crippen LogP contribution in [0.4, 0.5) is 33.5 Å². The van der Waals surface area contributed by atoms with Gasteiger partial charge in [0.2, 0.25) is 5.92 Å². The molecular weight excluding hydrogens is 663 g/mol. The van der Waals surface area contributed by atoms with Crippen molar-refractivity contribution in [2.75, 3.05) is 37.7 Å². The van der Waals surface area contributed by atoms with Crippen molar-refractivity contribution in [3.63, 3.8) is 0 Å². The summed E-state index contributed by atoms with van der Waals surface area (Å²) >= 11 is 0. The molecule has 4 saturated heterocycles. The van der Waals surface area contributed by atoms with Crippen LogP contribution in [0.5, 0.6) is 11.8 Å². The number of alkyl halides is 2. The number of hydrogen-bond donors (Lipinski definition) is 2. The first-order chi connectivity index (χ1) is 23.8. The molecule has 50 heavy (non-hydrogen) atoms. The quantitative estimate of drug-likeness (QED) is 0.133. The largest absolute Gasteiger partial charge is 0.508 e. The number of nitro groups is 1. The number of rotatable bonds is 6. The second-order valence-corrected chi connectivity index (χ2v) is 15.0. The lowest BCUT2D eigenvalue weighted by Crippen LogP contribution is -2.51. The zero-order chi connectivity index (χ0) is 34.7. The van der Waals surface area contributed by atoms with E-state index >= 15 is 8.78 Å². The number of hydrogen-bond acceptors (Lipinski definition) is 9. The molecule has 0 amide bonds. The van der Waals surface area contributed by atoms with Gasteiger partial charge >= 0.3 is 6.01 Å². The monoisotopic (exact) mass is 696 g/mol. The summed E-state index contributed by atoms with van der Waals surface area (Å²) < 4.78 is 81.3. The molecule has 2 N–H and O–H groups in total. The van der Waals surface area contributed by atoms with E-state index in [0.29, 0.717) is 26.1 Å². The highest BCUT2D eigenvalue weighted by atomic mass is 19.3. The molecule has 15 heteroatoms. The standard InChI is InChI=1S/C35H33F5N6O4/c36-24-5-2-18-8-21(47)9-22(26(18)28(24)37)27-25(46(48)49)10-23-30(29(27)38)42-32(43-31(23)44-11-19-3-4-20(12-44)41-19)50-17-34-6-1-7-45(34)16-33(13-34)14-35(39,40)15-33/h2,5,8-10,19-20,41,47H,1,3-4,6-7,11-17H2/t19-,20+,34?. The van der Waals surface area contributed by atoms with Crippen LogP contribution in [0.2, 0.25) is 0 Å². The van der Waals surface area contributed by atoms with E-state index in [1.54, 1.807) is 0 Å². The number of benzene rings is 3. The van der Waals surface area contributed by atoms with Crippen molar-refractivity contribution >= 4 is 33.2 Å². The lowest BCUT2D eigenvalue weighted by Gasteiger charge is -2.45. The predicted molar refractivity (Wildman–Crippen MR) is 173 cm³/mol. The van der Waals surface area contributed by atoms with E-state index in [0.717, 1.165) is 56.5 Å². The first kappa shape index (κ1) is 31.6. The van der Waals surface area contributed by atoms with E-state index in [-0.39, 0.29) is 59.6 Å². The van der Waals surface area contributed by atoms with E-state index in [1.165, 1.54) is 6.07 Å². The average Bonchev–Trinajstić information content (AvgIpc) is 3.69. The molecule has 5 fully saturated rings. The van der Waals surface area contributed by atoms with Gasteiger partial charge in [0.05, 0.1) is 21.4 Å². The summed E-state index contributed by atoms with van der Waals surface area (Å²) in [5.41, 5.74) is -3.15. The van der Waals surface area contributed by atoms with Crippen LogP contribution in [-0.4, -0.2) is 81.2 Å². The molecule has 0 radical (unpaired) electrons. The molecular formula is C35H33F5N6O4. The number of ether oxygens (including phenoxy) is 1. The number of nitrogens with zero attached hydrogens (tertiary/aromatic N) is 5. The zero-order valence-corrected chi connectivity index (χ0v) is 26.8. The first-order valence-electron chi connectivity index (χ1n) is 16.9. The molecule has 1 aliphatic carbocycles. The van der Waals surface area contributed by atoms with Crippen LogP contribution in [0.15, 0.2) is 30.3 Å². The Bertz CT molecular complexity index is 2100. The Kier molecular flexibility index (Phi) is 6.84. The Morgan fingerprint density at radius 1 is 1.04 bits per heavy atom. The maximum atomic E-state index is 17.1. The Morgan fingerprint density at radius 2 is 1.80 bits per heavy atom. The molecule has 262 valence electrons. The van der Waals surface area contributed by atoms with Crippen LogP contribution in [0, 0.1) is 33.0 Å². The van der Waals surface area contributed by atoms with Crippen molar-refractivity contribution in [1.29, 1.82) is 0 Å².